The smallest absolute Gasteiger partial charge is 0.210 e. The van der Waals surface area contributed by atoms with Crippen molar-refractivity contribution in [3.8, 4) is 0 Å². The van der Waals surface area contributed by atoms with Gasteiger partial charge in [0.15, 0.2) is 5.71 Å². The Morgan fingerprint density at radius 1 is 0.795 bits per heavy atom. The molecule has 226 valence electrons. The summed E-state index contributed by atoms with van der Waals surface area (Å²) in [6, 6.07) is 17.6. The predicted molar refractivity (Wildman–Crippen MR) is 194 cm³/mol. The molecular formula is C42H49N2+. The zero-order valence-corrected chi connectivity index (χ0v) is 27.7. The van der Waals surface area contributed by atoms with E-state index in [9.17, 15) is 0 Å². The molecule has 2 aliphatic rings. The lowest BCUT2D eigenvalue weighted by atomic mass is 9.79. The summed E-state index contributed by atoms with van der Waals surface area (Å²) in [5.74, 6) is 0. The average molecular weight is 582 g/mol. The van der Waals surface area contributed by atoms with Gasteiger partial charge in [0.1, 0.15) is 7.05 Å². The van der Waals surface area contributed by atoms with Crippen LogP contribution in [0.3, 0.4) is 0 Å². The molecule has 2 nitrogen and oxygen atoms in total. The van der Waals surface area contributed by atoms with Gasteiger partial charge in [0.2, 0.25) is 5.69 Å². The minimum atomic E-state index is -0.134. The maximum Gasteiger partial charge on any atom is 0.210 e. The second-order valence-electron chi connectivity index (χ2n) is 13.2. The Labute approximate surface area is 265 Å². The molecule has 0 bridgehead atoms. The number of unbranched alkanes of at least 4 members (excludes halogenated alkanes) is 3. The van der Waals surface area contributed by atoms with Crippen LogP contribution < -0.4 is 15.3 Å². The fourth-order valence-corrected chi connectivity index (χ4v) is 7.35. The van der Waals surface area contributed by atoms with Crippen LogP contribution >= 0.6 is 0 Å². The van der Waals surface area contributed by atoms with Crippen molar-refractivity contribution in [1.82, 2.24) is 0 Å². The van der Waals surface area contributed by atoms with Crippen LogP contribution in [0.1, 0.15) is 71.4 Å². The van der Waals surface area contributed by atoms with Gasteiger partial charge in [0.25, 0.3) is 0 Å². The predicted octanol–water partition coefficient (Wildman–Crippen LogP) is 9.15. The lowest BCUT2D eigenvalue weighted by Gasteiger charge is -2.27. The molecule has 0 atom stereocenters. The fraction of sp³-hybridized carbons (Fsp3) is 0.310. The Balaban J connectivity index is 1.38. The third kappa shape index (κ3) is 5.59. The first-order chi connectivity index (χ1) is 21.1. The Bertz CT molecular complexity index is 1840. The molecule has 0 spiro atoms. The van der Waals surface area contributed by atoms with Crippen molar-refractivity contribution < 1.29 is 4.58 Å². The molecule has 3 aromatic rings. The summed E-state index contributed by atoms with van der Waals surface area (Å²) >= 11 is 0. The molecule has 0 aliphatic carbocycles. The number of nitrogens with zero attached hydrogens (tertiary/aromatic N) is 2. The minimum Gasteiger partial charge on any atom is -0.344 e. The van der Waals surface area contributed by atoms with E-state index in [1.54, 1.807) is 0 Å². The van der Waals surface area contributed by atoms with Gasteiger partial charge in [0.05, 0.1) is 5.41 Å². The molecule has 0 saturated heterocycles. The quantitative estimate of drug-likeness (QED) is 0.131. The van der Waals surface area contributed by atoms with E-state index < -0.39 is 0 Å². The number of anilines is 1. The molecule has 0 radical (unpaired) electrons. The first kappa shape index (κ1) is 31.3. The van der Waals surface area contributed by atoms with Crippen LogP contribution in [0.5, 0.6) is 0 Å². The van der Waals surface area contributed by atoms with E-state index in [2.05, 4.69) is 161 Å². The molecule has 2 heteroatoms. The van der Waals surface area contributed by atoms with E-state index in [1.165, 1.54) is 75.6 Å². The number of allylic oxidation sites excluding steroid dienone is 9. The third-order valence-electron chi connectivity index (χ3n) is 9.53. The average Bonchev–Trinajstić information content (AvgIpc) is 3.34. The molecule has 0 saturated carbocycles. The lowest BCUT2D eigenvalue weighted by molar-refractivity contribution is -0.401. The Hall–Kier alpha value is -4.17. The van der Waals surface area contributed by atoms with Crippen molar-refractivity contribution in [3.05, 3.63) is 131 Å². The molecule has 3 aromatic carbocycles. The van der Waals surface area contributed by atoms with E-state index in [4.69, 9.17) is 0 Å². The number of rotatable bonds is 10. The summed E-state index contributed by atoms with van der Waals surface area (Å²) < 4.78 is 2.34. The summed E-state index contributed by atoms with van der Waals surface area (Å²) in [5, 5.41) is 4.89. The maximum absolute atomic E-state index is 4.34. The number of benzene rings is 3. The molecule has 0 N–H and O–H groups in total. The second-order valence-corrected chi connectivity index (χ2v) is 13.2. The normalized spacial score (nSPS) is 18.5. The molecule has 2 aliphatic heterocycles. The zero-order chi connectivity index (χ0) is 31.5. The highest BCUT2D eigenvalue weighted by atomic mass is 15.2. The Kier molecular flexibility index (Phi) is 9.11. The summed E-state index contributed by atoms with van der Waals surface area (Å²) in [6.07, 6.45) is 24.3. The van der Waals surface area contributed by atoms with E-state index >= 15 is 0 Å². The summed E-state index contributed by atoms with van der Waals surface area (Å²) in [6.45, 7) is 21.0. The van der Waals surface area contributed by atoms with Crippen molar-refractivity contribution in [2.24, 2.45) is 0 Å². The van der Waals surface area contributed by atoms with E-state index in [-0.39, 0.29) is 10.8 Å². The fourth-order valence-electron chi connectivity index (χ4n) is 7.35. The van der Waals surface area contributed by atoms with E-state index in [0.717, 1.165) is 11.8 Å². The van der Waals surface area contributed by atoms with Gasteiger partial charge in [-0.2, -0.15) is 4.58 Å². The van der Waals surface area contributed by atoms with Gasteiger partial charge in [-0.15, -0.1) is 0 Å². The molecule has 0 unspecified atom stereocenters. The first-order valence-corrected chi connectivity index (χ1v) is 16.2. The third-order valence-corrected chi connectivity index (χ3v) is 9.53. The van der Waals surface area contributed by atoms with Gasteiger partial charge in [-0.3, -0.25) is 0 Å². The van der Waals surface area contributed by atoms with Crippen molar-refractivity contribution in [2.75, 3.05) is 18.5 Å². The van der Waals surface area contributed by atoms with Crippen LogP contribution in [0.15, 0.2) is 109 Å². The summed E-state index contributed by atoms with van der Waals surface area (Å²) in [4.78, 5) is 2.54. The molecule has 2 heterocycles. The van der Waals surface area contributed by atoms with Gasteiger partial charge in [-0.05, 0) is 65.3 Å². The van der Waals surface area contributed by atoms with Crippen LogP contribution in [-0.2, 0) is 10.8 Å². The van der Waals surface area contributed by atoms with E-state index in [1.807, 2.05) is 6.08 Å². The maximum atomic E-state index is 4.34. The van der Waals surface area contributed by atoms with Crippen molar-refractivity contribution in [2.45, 2.75) is 71.1 Å². The Morgan fingerprint density at radius 2 is 1.55 bits per heavy atom. The Morgan fingerprint density at radius 3 is 2.32 bits per heavy atom. The highest BCUT2D eigenvalue weighted by Gasteiger charge is 2.44. The number of fused-ring (bicyclic) bond motifs is 4. The van der Waals surface area contributed by atoms with Gasteiger partial charge in [-0.1, -0.05) is 126 Å². The summed E-state index contributed by atoms with van der Waals surface area (Å²) in [7, 11) is 2.18. The summed E-state index contributed by atoms with van der Waals surface area (Å²) in [5.41, 5.74) is 7.80. The minimum absolute atomic E-state index is 0.0745. The van der Waals surface area contributed by atoms with E-state index in [0.29, 0.717) is 0 Å². The van der Waals surface area contributed by atoms with Gasteiger partial charge >= 0.3 is 0 Å². The molecule has 5 rings (SSSR count). The number of hydrogen-bond acceptors (Lipinski definition) is 1. The van der Waals surface area contributed by atoms with Gasteiger partial charge < -0.3 is 4.90 Å². The van der Waals surface area contributed by atoms with Crippen LogP contribution in [0.4, 0.5) is 11.4 Å². The molecular weight excluding hydrogens is 532 g/mol. The highest BCUT2D eigenvalue weighted by molar-refractivity contribution is 6.07. The van der Waals surface area contributed by atoms with Crippen molar-refractivity contribution >= 4 is 40.5 Å². The van der Waals surface area contributed by atoms with Crippen LogP contribution in [-0.4, -0.2) is 23.9 Å². The number of hydrogen-bond donors (Lipinski definition) is 0. The topological polar surface area (TPSA) is 6.25 Å². The van der Waals surface area contributed by atoms with Crippen LogP contribution in [0.25, 0.3) is 23.4 Å². The van der Waals surface area contributed by atoms with Crippen LogP contribution in [0, 0.1) is 0 Å². The molecule has 0 amide bonds. The standard InChI is InChI=1S/C42H49N2/c1-9-11-12-20-30-44-36-28-26-31(3)33(21-10-2)39(36)42(6,7)38(44)25-17-15-13-14-16-24-37-41(4,5)40-34-23-19-18-22-32(34)27-29-35(40)43(37)8/h10,13-19,21-29H,2-3,9,11-12,20,30H2,1,4-8H3/q+1/b33-21+. The van der Waals surface area contributed by atoms with Gasteiger partial charge in [-0.25, -0.2) is 0 Å². The first-order valence-electron chi connectivity index (χ1n) is 16.2. The monoisotopic (exact) mass is 581 g/mol. The SMILES string of the molecule is C=C/C=c1/c2c(ccc1=C)N(CCCCCC)\C(=C/C=C/C=C/C=C/C1=[N+](C)c3ccc4ccccc4c3C1(C)C)C2(C)C. The zero-order valence-electron chi connectivity index (χ0n) is 27.7. The van der Waals surface area contributed by atoms with Gasteiger partial charge in [0, 0.05) is 41.1 Å². The molecule has 0 aromatic heterocycles. The molecule has 0 fully saturated rings. The largest absolute Gasteiger partial charge is 0.344 e. The lowest BCUT2D eigenvalue weighted by Crippen LogP contribution is -2.33. The highest BCUT2D eigenvalue weighted by Crippen LogP contribution is 2.46. The van der Waals surface area contributed by atoms with Crippen molar-refractivity contribution in [3.63, 3.8) is 0 Å². The van der Waals surface area contributed by atoms with Crippen molar-refractivity contribution in [1.29, 1.82) is 0 Å². The molecule has 44 heavy (non-hydrogen) atoms. The van der Waals surface area contributed by atoms with Crippen LogP contribution in [0.2, 0.25) is 0 Å². The second kappa shape index (κ2) is 12.8.